The molecule has 0 bridgehead atoms. The number of aryl methyl sites for hydroxylation is 1. The summed E-state index contributed by atoms with van der Waals surface area (Å²) in [4.78, 5) is 32.7. The van der Waals surface area contributed by atoms with Gasteiger partial charge in [0.25, 0.3) is 0 Å². The molecule has 4 heterocycles. The molecule has 6 nitrogen and oxygen atoms in total. The lowest BCUT2D eigenvalue weighted by Crippen LogP contribution is -2.43. The van der Waals surface area contributed by atoms with Gasteiger partial charge in [0.15, 0.2) is 5.82 Å². The van der Waals surface area contributed by atoms with Gasteiger partial charge in [-0.15, -0.1) is 0 Å². The van der Waals surface area contributed by atoms with Crippen LogP contribution in [0.25, 0.3) is 0 Å². The highest BCUT2D eigenvalue weighted by Crippen LogP contribution is 2.36. The minimum Gasteiger partial charge on any atom is -0.356 e. The summed E-state index contributed by atoms with van der Waals surface area (Å²) in [5, 5.41) is 0. The number of anilines is 1. The van der Waals surface area contributed by atoms with Crippen LogP contribution in [0, 0.1) is 12.8 Å². The van der Waals surface area contributed by atoms with Gasteiger partial charge in [-0.1, -0.05) is 25.3 Å². The van der Waals surface area contributed by atoms with Crippen LogP contribution in [0.4, 0.5) is 5.82 Å². The molecule has 2 aromatic rings. The topological polar surface area (TPSA) is 62.2 Å². The molecule has 0 aromatic carbocycles. The van der Waals surface area contributed by atoms with Crippen molar-refractivity contribution >= 4 is 11.7 Å². The van der Waals surface area contributed by atoms with E-state index in [1.165, 1.54) is 24.8 Å². The summed E-state index contributed by atoms with van der Waals surface area (Å²) in [7, 11) is 0. The highest BCUT2D eigenvalue weighted by molar-refractivity contribution is 5.79. The molecule has 176 valence electrons. The highest BCUT2D eigenvalue weighted by atomic mass is 16.2. The average molecular weight is 448 g/mol. The number of likely N-dealkylation sites (tertiary alicyclic amines) is 1. The first-order valence-corrected chi connectivity index (χ1v) is 13.0. The maximum Gasteiger partial charge on any atom is 0.226 e. The summed E-state index contributed by atoms with van der Waals surface area (Å²) < 4.78 is 0. The van der Waals surface area contributed by atoms with E-state index in [0.29, 0.717) is 5.91 Å². The molecule has 3 aliphatic rings. The van der Waals surface area contributed by atoms with Crippen LogP contribution in [-0.2, 0) is 17.6 Å². The fraction of sp³-hybridized carbons (Fsp3) is 0.630. The third-order valence-electron chi connectivity index (χ3n) is 7.77. The first-order valence-electron chi connectivity index (χ1n) is 13.0. The van der Waals surface area contributed by atoms with Crippen molar-refractivity contribution in [1.82, 2.24) is 19.9 Å². The number of hydrogen-bond acceptors (Lipinski definition) is 5. The molecule has 0 radical (unpaired) electrons. The van der Waals surface area contributed by atoms with Crippen molar-refractivity contribution in [3.8, 4) is 0 Å². The van der Waals surface area contributed by atoms with Crippen molar-refractivity contribution in [3.63, 3.8) is 0 Å². The fourth-order valence-electron chi connectivity index (χ4n) is 5.92. The number of hydrogen-bond donors (Lipinski definition) is 0. The molecule has 0 N–H and O–H groups in total. The first kappa shape index (κ1) is 22.3. The molecule has 2 fully saturated rings. The number of piperidine rings is 1. The van der Waals surface area contributed by atoms with Crippen molar-refractivity contribution in [2.75, 3.05) is 24.5 Å². The van der Waals surface area contributed by atoms with E-state index in [2.05, 4.69) is 33.8 Å². The second-order valence-electron chi connectivity index (χ2n) is 10.0. The summed E-state index contributed by atoms with van der Waals surface area (Å²) in [6.45, 7) is 4.91. The Morgan fingerprint density at radius 1 is 1.00 bits per heavy atom. The van der Waals surface area contributed by atoms with Crippen molar-refractivity contribution in [2.24, 2.45) is 5.92 Å². The van der Waals surface area contributed by atoms with Gasteiger partial charge in [0, 0.05) is 55.1 Å². The number of carbonyl (C=O) groups excluding carboxylic acids is 1. The summed E-state index contributed by atoms with van der Waals surface area (Å²) in [6.07, 6.45) is 13.9. The predicted molar refractivity (Wildman–Crippen MR) is 130 cm³/mol. The van der Waals surface area contributed by atoms with Crippen LogP contribution in [0.3, 0.4) is 0 Å². The Balaban J connectivity index is 1.39. The van der Waals surface area contributed by atoms with E-state index in [1.54, 1.807) is 0 Å². The molecule has 2 aliphatic heterocycles. The van der Waals surface area contributed by atoms with Gasteiger partial charge in [-0.05, 0) is 64.0 Å². The quantitative estimate of drug-likeness (QED) is 0.658. The first-order chi connectivity index (χ1) is 16.2. The third kappa shape index (κ3) is 4.90. The van der Waals surface area contributed by atoms with Gasteiger partial charge in [0.2, 0.25) is 5.91 Å². The number of rotatable bonds is 5. The van der Waals surface area contributed by atoms with Crippen molar-refractivity contribution < 1.29 is 4.79 Å². The number of aromatic nitrogens is 3. The smallest absolute Gasteiger partial charge is 0.226 e. The molecule has 2 aromatic heterocycles. The van der Waals surface area contributed by atoms with E-state index in [9.17, 15) is 4.79 Å². The summed E-state index contributed by atoms with van der Waals surface area (Å²) in [6, 6.07) is 6.14. The van der Waals surface area contributed by atoms with E-state index in [1.807, 2.05) is 12.3 Å². The Morgan fingerprint density at radius 3 is 2.67 bits per heavy atom. The standard InChI is InChI=1S/C27H37N5O/c1-20-23-13-9-17-31(19-15-22-12-5-7-16-28-22)26(23)30-25(29-20)24-14-6-8-18-32(24)27(33)21-10-3-2-4-11-21/h5,7,12,16,21,24H,2-4,6,8-11,13-15,17-19H2,1H3/t24-/m1/s1. The van der Waals surface area contributed by atoms with Gasteiger partial charge < -0.3 is 9.80 Å². The molecule has 1 saturated carbocycles. The van der Waals surface area contributed by atoms with Crippen LogP contribution >= 0.6 is 0 Å². The van der Waals surface area contributed by atoms with Crippen LogP contribution in [0.5, 0.6) is 0 Å². The van der Waals surface area contributed by atoms with Crippen molar-refractivity contribution in [3.05, 3.63) is 47.2 Å². The Hall–Kier alpha value is -2.50. The Bertz CT molecular complexity index is 956. The average Bonchev–Trinajstić information content (AvgIpc) is 2.88. The second kappa shape index (κ2) is 10.2. The third-order valence-corrected chi connectivity index (χ3v) is 7.77. The Kier molecular flexibility index (Phi) is 6.88. The minimum atomic E-state index is 0.0248. The van der Waals surface area contributed by atoms with E-state index >= 15 is 0 Å². The molecule has 1 aliphatic carbocycles. The molecule has 5 rings (SSSR count). The summed E-state index contributed by atoms with van der Waals surface area (Å²) in [5.41, 5.74) is 3.49. The van der Waals surface area contributed by atoms with Gasteiger partial charge in [-0.2, -0.15) is 0 Å². The number of nitrogens with zero attached hydrogens (tertiary/aromatic N) is 5. The molecular formula is C27H37N5O. The number of amides is 1. The Morgan fingerprint density at radius 2 is 1.85 bits per heavy atom. The molecular weight excluding hydrogens is 410 g/mol. The van der Waals surface area contributed by atoms with Crippen LogP contribution in [0.1, 0.15) is 86.6 Å². The van der Waals surface area contributed by atoms with E-state index in [4.69, 9.17) is 9.97 Å². The van der Waals surface area contributed by atoms with Gasteiger partial charge in [0.1, 0.15) is 5.82 Å². The molecule has 0 spiro atoms. The maximum absolute atomic E-state index is 13.5. The second-order valence-corrected chi connectivity index (χ2v) is 10.0. The zero-order valence-electron chi connectivity index (χ0n) is 20.0. The van der Waals surface area contributed by atoms with E-state index in [-0.39, 0.29) is 12.0 Å². The highest BCUT2D eigenvalue weighted by Gasteiger charge is 2.35. The van der Waals surface area contributed by atoms with Gasteiger partial charge in [0.05, 0.1) is 6.04 Å². The lowest BCUT2D eigenvalue weighted by molar-refractivity contribution is -0.140. The van der Waals surface area contributed by atoms with E-state index < -0.39 is 0 Å². The van der Waals surface area contributed by atoms with Crippen LogP contribution in [0.15, 0.2) is 24.4 Å². The summed E-state index contributed by atoms with van der Waals surface area (Å²) >= 11 is 0. The van der Waals surface area contributed by atoms with Crippen molar-refractivity contribution in [2.45, 2.75) is 83.6 Å². The zero-order chi connectivity index (χ0) is 22.6. The number of fused-ring (bicyclic) bond motifs is 1. The zero-order valence-corrected chi connectivity index (χ0v) is 20.0. The molecule has 1 amide bonds. The SMILES string of the molecule is Cc1nc([C@H]2CCCCN2C(=O)C2CCCCC2)nc2c1CCCN2CCc1ccccn1. The molecule has 0 unspecified atom stereocenters. The van der Waals surface area contributed by atoms with Crippen molar-refractivity contribution in [1.29, 1.82) is 0 Å². The van der Waals surface area contributed by atoms with Crippen LogP contribution in [-0.4, -0.2) is 45.4 Å². The number of pyridine rings is 1. The predicted octanol–water partition coefficient (Wildman–Crippen LogP) is 4.81. The van der Waals surface area contributed by atoms with Crippen LogP contribution < -0.4 is 4.90 Å². The monoisotopic (exact) mass is 447 g/mol. The van der Waals surface area contributed by atoms with Gasteiger partial charge in [-0.3, -0.25) is 9.78 Å². The maximum atomic E-state index is 13.5. The number of carbonyl (C=O) groups is 1. The molecule has 1 atom stereocenters. The fourth-order valence-corrected chi connectivity index (χ4v) is 5.92. The Labute approximate surface area is 197 Å². The molecule has 6 heteroatoms. The molecule has 1 saturated heterocycles. The van der Waals surface area contributed by atoms with Crippen LogP contribution in [0.2, 0.25) is 0 Å². The lowest BCUT2D eigenvalue weighted by atomic mass is 9.87. The van der Waals surface area contributed by atoms with Gasteiger partial charge in [-0.25, -0.2) is 9.97 Å². The summed E-state index contributed by atoms with van der Waals surface area (Å²) in [5.74, 6) is 2.51. The molecule has 33 heavy (non-hydrogen) atoms. The van der Waals surface area contributed by atoms with Gasteiger partial charge >= 0.3 is 0 Å². The largest absolute Gasteiger partial charge is 0.356 e. The minimum absolute atomic E-state index is 0.0248. The van der Waals surface area contributed by atoms with E-state index in [0.717, 1.165) is 94.0 Å². The lowest BCUT2D eigenvalue weighted by Gasteiger charge is -2.39. The normalized spacial score (nSPS) is 21.7.